The van der Waals surface area contributed by atoms with E-state index in [4.69, 9.17) is 0 Å². The summed E-state index contributed by atoms with van der Waals surface area (Å²) in [6, 6.07) is 5.61. The summed E-state index contributed by atoms with van der Waals surface area (Å²) in [7, 11) is 3.56. The number of aryl methyl sites for hydroxylation is 1. The van der Waals surface area contributed by atoms with E-state index < -0.39 is 0 Å². The third-order valence-corrected chi connectivity index (χ3v) is 3.99. The van der Waals surface area contributed by atoms with Crippen LogP contribution in [0, 0.1) is 12.7 Å². The number of benzene rings is 1. The highest BCUT2D eigenvalue weighted by atomic mass is 19.1. The van der Waals surface area contributed by atoms with Gasteiger partial charge in [0.25, 0.3) is 0 Å². The minimum absolute atomic E-state index is 0.141. The largest absolute Gasteiger partial charge is 0.382 e. The Balaban J connectivity index is 1.81. The lowest BCUT2D eigenvalue weighted by atomic mass is 10.0. The molecule has 0 bridgehead atoms. The number of hydrogen-bond donors (Lipinski definition) is 1. The van der Waals surface area contributed by atoms with Gasteiger partial charge >= 0.3 is 0 Å². The molecule has 0 atom stereocenters. The number of nitrogens with zero attached hydrogens (tertiary/aromatic N) is 2. The lowest BCUT2D eigenvalue weighted by Gasteiger charge is -2.33. The van der Waals surface area contributed by atoms with Crippen LogP contribution >= 0.6 is 0 Å². The predicted octanol–water partition coefficient (Wildman–Crippen LogP) is 2.10. The van der Waals surface area contributed by atoms with Crippen LogP contribution in [-0.2, 0) is 4.79 Å². The fourth-order valence-corrected chi connectivity index (χ4v) is 2.49. The molecule has 1 aliphatic rings. The highest BCUT2D eigenvalue weighted by Crippen LogP contribution is 2.19. The molecule has 0 aromatic heterocycles. The number of amides is 1. The summed E-state index contributed by atoms with van der Waals surface area (Å²) in [5.41, 5.74) is 1.50. The van der Waals surface area contributed by atoms with E-state index in [9.17, 15) is 9.18 Å². The molecular formula is C16H24FN3O. The van der Waals surface area contributed by atoms with E-state index in [1.54, 1.807) is 38.1 Å². The molecule has 21 heavy (non-hydrogen) atoms. The summed E-state index contributed by atoms with van der Waals surface area (Å²) < 4.78 is 13.5. The molecule has 1 saturated heterocycles. The highest BCUT2D eigenvalue weighted by molar-refractivity contribution is 5.77. The van der Waals surface area contributed by atoms with E-state index in [2.05, 4.69) is 10.2 Å². The van der Waals surface area contributed by atoms with Crippen LogP contribution in [0.1, 0.15) is 18.4 Å². The van der Waals surface area contributed by atoms with Gasteiger partial charge in [-0.2, -0.15) is 0 Å². The zero-order valence-corrected chi connectivity index (χ0v) is 13.0. The summed E-state index contributed by atoms with van der Waals surface area (Å²) in [6.45, 7) is 4.04. The van der Waals surface area contributed by atoms with Gasteiger partial charge in [0, 0.05) is 38.9 Å². The number of likely N-dealkylation sites (N-methyl/N-ethyl adjacent to an activating group) is 1. The summed E-state index contributed by atoms with van der Waals surface area (Å²) in [5.74, 6) is -0.0315. The van der Waals surface area contributed by atoms with E-state index in [1.165, 1.54) is 0 Å². The molecule has 0 aliphatic carbocycles. The van der Waals surface area contributed by atoms with Crippen molar-refractivity contribution < 1.29 is 9.18 Å². The minimum Gasteiger partial charge on any atom is -0.382 e. The van der Waals surface area contributed by atoms with Gasteiger partial charge < -0.3 is 10.2 Å². The molecular weight excluding hydrogens is 269 g/mol. The van der Waals surface area contributed by atoms with E-state index in [1.807, 2.05) is 6.07 Å². The average Bonchev–Trinajstić information content (AvgIpc) is 2.45. The number of carbonyl (C=O) groups excluding carboxylic acids is 1. The first-order valence-corrected chi connectivity index (χ1v) is 7.41. The van der Waals surface area contributed by atoms with Crippen molar-refractivity contribution in [1.82, 2.24) is 9.80 Å². The topological polar surface area (TPSA) is 35.6 Å². The Labute approximate surface area is 125 Å². The second-order valence-electron chi connectivity index (χ2n) is 5.95. The molecule has 0 radical (unpaired) electrons. The summed E-state index contributed by atoms with van der Waals surface area (Å²) in [4.78, 5) is 15.5. The molecule has 2 rings (SSSR count). The molecule has 1 aromatic rings. The van der Waals surface area contributed by atoms with Gasteiger partial charge in [-0.25, -0.2) is 4.39 Å². The third-order valence-electron chi connectivity index (χ3n) is 3.99. The predicted molar refractivity (Wildman–Crippen MR) is 82.9 cm³/mol. The van der Waals surface area contributed by atoms with Crippen molar-refractivity contribution in [2.45, 2.75) is 25.8 Å². The Bertz CT molecular complexity index is 496. The van der Waals surface area contributed by atoms with E-state index in [-0.39, 0.29) is 11.7 Å². The van der Waals surface area contributed by atoms with Crippen molar-refractivity contribution in [3.8, 4) is 0 Å². The number of nitrogens with one attached hydrogen (secondary N) is 1. The fourth-order valence-electron chi connectivity index (χ4n) is 2.49. The minimum atomic E-state index is -0.172. The Morgan fingerprint density at radius 3 is 2.62 bits per heavy atom. The molecule has 4 nitrogen and oxygen atoms in total. The zero-order chi connectivity index (χ0) is 15.4. The van der Waals surface area contributed by atoms with E-state index in [0.29, 0.717) is 18.2 Å². The lowest BCUT2D eigenvalue weighted by molar-refractivity contribution is -0.130. The number of hydrogen-bond acceptors (Lipinski definition) is 3. The second-order valence-corrected chi connectivity index (χ2v) is 5.95. The van der Waals surface area contributed by atoms with Gasteiger partial charge in [-0.3, -0.25) is 9.69 Å². The van der Waals surface area contributed by atoms with Crippen LogP contribution in [0.15, 0.2) is 18.2 Å². The van der Waals surface area contributed by atoms with Crippen molar-refractivity contribution in [1.29, 1.82) is 0 Å². The molecule has 5 heteroatoms. The molecule has 1 heterocycles. The van der Waals surface area contributed by atoms with Crippen LogP contribution in [0.4, 0.5) is 10.1 Å². The number of anilines is 1. The molecule has 0 unspecified atom stereocenters. The fraction of sp³-hybridized carbons (Fsp3) is 0.562. The number of carbonyl (C=O) groups is 1. The van der Waals surface area contributed by atoms with E-state index >= 15 is 0 Å². The summed E-state index contributed by atoms with van der Waals surface area (Å²) in [6.07, 6.45) is 1.94. The van der Waals surface area contributed by atoms with Crippen molar-refractivity contribution in [3.05, 3.63) is 29.6 Å². The van der Waals surface area contributed by atoms with Gasteiger partial charge in [0.15, 0.2) is 0 Å². The lowest BCUT2D eigenvalue weighted by Crippen LogP contribution is -2.43. The second kappa shape index (κ2) is 6.89. The molecule has 1 N–H and O–H groups in total. The number of piperidine rings is 1. The van der Waals surface area contributed by atoms with Gasteiger partial charge in [0.1, 0.15) is 5.82 Å². The first kappa shape index (κ1) is 15.8. The van der Waals surface area contributed by atoms with Crippen molar-refractivity contribution in [3.63, 3.8) is 0 Å². The Hall–Kier alpha value is -1.62. The third kappa shape index (κ3) is 4.43. The SMILES string of the molecule is Cc1ccc(NC2CCN(CC(=O)N(C)C)CC2)cc1F. The van der Waals surface area contributed by atoms with Crippen LogP contribution < -0.4 is 5.32 Å². The summed E-state index contributed by atoms with van der Waals surface area (Å²) in [5, 5.41) is 3.38. The quantitative estimate of drug-likeness (QED) is 0.923. The van der Waals surface area contributed by atoms with Gasteiger partial charge in [-0.15, -0.1) is 0 Å². The Morgan fingerprint density at radius 1 is 1.38 bits per heavy atom. The van der Waals surface area contributed by atoms with Crippen molar-refractivity contribution in [2.24, 2.45) is 0 Å². The maximum atomic E-state index is 13.5. The molecule has 0 saturated carbocycles. The standard InChI is InChI=1S/C16H24FN3O/c1-12-4-5-14(10-15(12)17)18-13-6-8-20(9-7-13)11-16(21)19(2)3/h4-5,10,13,18H,6-9,11H2,1-3H3. The van der Waals surface area contributed by atoms with Crippen molar-refractivity contribution >= 4 is 11.6 Å². The highest BCUT2D eigenvalue weighted by Gasteiger charge is 2.21. The van der Waals surface area contributed by atoms with Gasteiger partial charge in [0.05, 0.1) is 6.54 Å². The molecule has 1 amide bonds. The molecule has 1 fully saturated rings. The monoisotopic (exact) mass is 293 g/mol. The van der Waals surface area contributed by atoms with Gasteiger partial charge in [0.2, 0.25) is 5.91 Å². The number of halogens is 1. The van der Waals surface area contributed by atoms with Crippen LogP contribution in [0.3, 0.4) is 0 Å². The first-order valence-electron chi connectivity index (χ1n) is 7.41. The Morgan fingerprint density at radius 2 is 2.05 bits per heavy atom. The van der Waals surface area contributed by atoms with Gasteiger partial charge in [-0.1, -0.05) is 6.07 Å². The normalized spacial score (nSPS) is 16.8. The van der Waals surface area contributed by atoms with Gasteiger partial charge in [-0.05, 0) is 37.5 Å². The average molecular weight is 293 g/mol. The summed E-state index contributed by atoms with van der Waals surface area (Å²) >= 11 is 0. The van der Waals surface area contributed by atoms with E-state index in [0.717, 1.165) is 31.6 Å². The molecule has 116 valence electrons. The van der Waals surface area contributed by atoms with Crippen LogP contribution in [-0.4, -0.2) is 55.5 Å². The Kier molecular flexibility index (Phi) is 5.17. The number of likely N-dealkylation sites (tertiary alicyclic amines) is 1. The maximum absolute atomic E-state index is 13.5. The maximum Gasteiger partial charge on any atom is 0.236 e. The zero-order valence-electron chi connectivity index (χ0n) is 13.0. The number of rotatable bonds is 4. The smallest absolute Gasteiger partial charge is 0.236 e. The van der Waals surface area contributed by atoms with Crippen molar-refractivity contribution in [2.75, 3.05) is 39.0 Å². The van der Waals surface area contributed by atoms with Crippen LogP contribution in [0.2, 0.25) is 0 Å². The molecule has 1 aliphatic heterocycles. The molecule has 1 aromatic carbocycles. The van der Waals surface area contributed by atoms with Crippen LogP contribution in [0.25, 0.3) is 0 Å². The first-order chi connectivity index (χ1) is 9.95. The molecule has 0 spiro atoms. The van der Waals surface area contributed by atoms with Crippen LogP contribution in [0.5, 0.6) is 0 Å².